The zero-order valence-corrected chi connectivity index (χ0v) is 12.0. The van der Waals surface area contributed by atoms with E-state index in [1.165, 1.54) is 0 Å². The van der Waals surface area contributed by atoms with E-state index < -0.39 is 0 Å². The molecule has 6 nitrogen and oxygen atoms in total. The van der Waals surface area contributed by atoms with Crippen molar-refractivity contribution >= 4 is 5.82 Å². The summed E-state index contributed by atoms with van der Waals surface area (Å²) in [4.78, 5) is 4.19. The summed E-state index contributed by atoms with van der Waals surface area (Å²) in [7, 11) is 0. The molecule has 1 unspecified atom stereocenters. The zero-order valence-electron chi connectivity index (χ0n) is 12.0. The summed E-state index contributed by atoms with van der Waals surface area (Å²) in [6, 6.07) is 17.0. The second-order valence-electron chi connectivity index (χ2n) is 4.81. The van der Waals surface area contributed by atoms with Gasteiger partial charge in [0.1, 0.15) is 23.3 Å². The molecule has 0 fully saturated rings. The van der Waals surface area contributed by atoms with Gasteiger partial charge in [-0.25, -0.2) is 9.67 Å². The molecule has 0 bridgehead atoms. The second kappa shape index (κ2) is 6.06. The summed E-state index contributed by atoms with van der Waals surface area (Å²) in [6.07, 6.45) is 1.88. The lowest BCUT2D eigenvalue weighted by atomic mass is 10.2. The summed E-state index contributed by atoms with van der Waals surface area (Å²) in [6.45, 7) is 1.97. The largest absolute Gasteiger partial charge is 0.362 e. The predicted molar refractivity (Wildman–Crippen MR) is 82.3 cm³/mol. The van der Waals surface area contributed by atoms with Crippen molar-refractivity contribution in [3.8, 4) is 11.8 Å². The summed E-state index contributed by atoms with van der Waals surface area (Å²) in [5.41, 5.74) is 2.14. The van der Waals surface area contributed by atoms with E-state index in [-0.39, 0.29) is 6.04 Å². The SMILES string of the molecule is CC(Nc1cccc(C#N)n1)c1cn(-c2ccccc2)nn1. The lowest BCUT2D eigenvalue weighted by molar-refractivity contribution is 0.779. The van der Waals surface area contributed by atoms with Crippen LogP contribution in [0.2, 0.25) is 0 Å². The van der Waals surface area contributed by atoms with Crippen LogP contribution in [0.4, 0.5) is 5.82 Å². The van der Waals surface area contributed by atoms with Gasteiger partial charge >= 0.3 is 0 Å². The van der Waals surface area contributed by atoms with E-state index >= 15 is 0 Å². The van der Waals surface area contributed by atoms with Crippen molar-refractivity contribution in [2.24, 2.45) is 0 Å². The molecule has 108 valence electrons. The van der Waals surface area contributed by atoms with Crippen LogP contribution in [0, 0.1) is 11.3 Å². The van der Waals surface area contributed by atoms with Crippen molar-refractivity contribution in [1.82, 2.24) is 20.0 Å². The normalized spacial score (nSPS) is 11.6. The molecule has 6 heteroatoms. The molecule has 1 aromatic carbocycles. The number of nitriles is 1. The first-order chi connectivity index (χ1) is 10.8. The molecule has 0 aliphatic carbocycles. The van der Waals surface area contributed by atoms with Crippen LogP contribution < -0.4 is 5.32 Å². The maximum absolute atomic E-state index is 8.88. The van der Waals surface area contributed by atoms with Crippen LogP contribution in [0.15, 0.2) is 54.7 Å². The number of rotatable bonds is 4. The Labute approximate surface area is 128 Å². The molecule has 0 aliphatic heterocycles. The molecule has 1 N–H and O–H groups in total. The van der Waals surface area contributed by atoms with Crippen LogP contribution >= 0.6 is 0 Å². The monoisotopic (exact) mass is 290 g/mol. The van der Waals surface area contributed by atoms with Gasteiger partial charge in [-0.15, -0.1) is 5.10 Å². The Hall–Kier alpha value is -3.20. The van der Waals surface area contributed by atoms with E-state index in [0.29, 0.717) is 11.5 Å². The van der Waals surface area contributed by atoms with Crippen LogP contribution in [0.1, 0.15) is 24.4 Å². The van der Waals surface area contributed by atoms with Gasteiger partial charge in [0.25, 0.3) is 0 Å². The van der Waals surface area contributed by atoms with Gasteiger partial charge in [0.2, 0.25) is 0 Å². The van der Waals surface area contributed by atoms with Gasteiger partial charge in [0, 0.05) is 0 Å². The van der Waals surface area contributed by atoms with Crippen LogP contribution in [0.3, 0.4) is 0 Å². The number of nitrogens with one attached hydrogen (secondary N) is 1. The van der Waals surface area contributed by atoms with E-state index in [9.17, 15) is 0 Å². The second-order valence-corrected chi connectivity index (χ2v) is 4.81. The fraction of sp³-hybridized carbons (Fsp3) is 0.125. The third-order valence-electron chi connectivity index (χ3n) is 3.20. The molecule has 0 radical (unpaired) electrons. The Morgan fingerprint density at radius 3 is 2.73 bits per heavy atom. The number of anilines is 1. The van der Waals surface area contributed by atoms with Crippen molar-refractivity contribution in [1.29, 1.82) is 5.26 Å². The highest BCUT2D eigenvalue weighted by Gasteiger charge is 2.11. The average Bonchev–Trinajstić information content (AvgIpc) is 3.06. The molecule has 2 heterocycles. The fourth-order valence-corrected chi connectivity index (χ4v) is 2.06. The maximum atomic E-state index is 8.88. The highest BCUT2D eigenvalue weighted by molar-refractivity contribution is 5.40. The van der Waals surface area contributed by atoms with Crippen molar-refractivity contribution < 1.29 is 0 Å². The minimum absolute atomic E-state index is 0.0705. The fourth-order valence-electron chi connectivity index (χ4n) is 2.06. The molecule has 0 saturated heterocycles. The Bertz CT molecular complexity index is 803. The summed E-state index contributed by atoms with van der Waals surface area (Å²) in [5.74, 6) is 0.640. The third-order valence-corrected chi connectivity index (χ3v) is 3.20. The van der Waals surface area contributed by atoms with Gasteiger partial charge in [0.05, 0.1) is 17.9 Å². The van der Waals surface area contributed by atoms with Gasteiger partial charge in [-0.1, -0.05) is 29.5 Å². The summed E-state index contributed by atoms with van der Waals surface area (Å²) in [5, 5.41) is 20.4. The van der Waals surface area contributed by atoms with E-state index in [1.54, 1.807) is 16.8 Å². The number of hydrogen-bond donors (Lipinski definition) is 1. The van der Waals surface area contributed by atoms with Crippen molar-refractivity contribution in [3.05, 3.63) is 66.1 Å². The van der Waals surface area contributed by atoms with Gasteiger partial charge in [-0.05, 0) is 31.2 Å². The Balaban J connectivity index is 1.77. The molecule has 3 rings (SSSR count). The van der Waals surface area contributed by atoms with Crippen LogP contribution in [-0.2, 0) is 0 Å². The third kappa shape index (κ3) is 2.94. The van der Waals surface area contributed by atoms with Gasteiger partial charge in [-0.3, -0.25) is 0 Å². The molecular formula is C16H14N6. The molecule has 0 aliphatic rings. The summed E-state index contributed by atoms with van der Waals surface area (Å²) >= 11 is 0. The first-order valence-corrected chi connectivity index (χ1v) is 6.87. The van der Waals surface area contributed by atoms with Crippen LogP contribution in [0.25, 0.3) is 5.69 Å². The number of pyridine rings is 1. The van der Waals surface area contributed by atoms with Gasteiger partial charge in [0.15, 0.2) is 0 Å². The number of benzene rings is 1. The molecular weight excluding hydrogens is 276 g/mol. The number of aromatic nitrogens is 4. The van der Waals surface area contributed by atoms with Crippen molar-refractivity contribution in [2.45, 2.75) is 13.0 Å². The van der Waals surface area contributed by atoms with Gasteiger partial charge in [-0.2, -0.15) is 5.26 Å². The first-order valence-electron chi connectivity index (χ1n) is 6.87. The van der Waals surface area contributed by atoms with Gasteiger partial charge < -0.3 is 5.32 Å². The predicted octanol–water partition coefficient (Wildman–Crippen LogP) is 2.71. The minimum Gasteiger partial charge on any atom is -0.362 e. The van der Waals surface area contributed by atoms with E-state index in [2.05, 4.69) is 20.6 Å². The average molecular weight is 290 g/mol. The number of hydrogen-bond acceptors (Lipinski definition) is 5. The molecule has 0 spiro atoms. The first kappa shape index (κ1) is 13.8. The molecule has 1 atom stereocenters. The van der Waals surface area contributed by atoms with Crippen LogP contribution in [0.5, 0.6) is 0 Å². The Morgan fingerprint density at radius 2 is 1.95 bits per heavy atom. The number of nitrogens with zero attached hydrogens (tertiary/aromatic N) is 5. The Kier molecular flexibility index (Phi) is 3.79. The molecule has 22 heavy (non-hydrogen) atoms. The molecule has 3 aromatic rings. The standard InChI is InChI=1S/C16H14N6/c1-12(18-16-9-5-6-13(10-17)19-16)15-11-22(21-20-15)14-7-3-2-4-8-14/h2-9,11-12H,1H3,(H,18,19). The highest BCUT2D eigenvalue weighted by Crippen LogP contribution is 2.17. The minimum atomic E-state index is -0.0705. The van der Waals surface area contributed by atoms with E-state index in [4.69, 9.17) is 5.26 Å². The van der Waals surface area contributed by atoms with E-state index in [1.807, 2.05) is 55.6 Å². The molecule has 2 aromatic heterocycles. The lowest BCUT2D eigenvalue weighted by Crippen LogP contribution is -2.08. The molecule has 0 amide bonds. The Morgan fingerprint density at radius 1 is 1.14 bits per heavy atom. The maximum Gasteiger partial charge on any atom is 0.142 e. The van der Waals surface area contributed by atoms with E-state index in [0.717, 1.165) is 11.4 Å². The van der Waals surface area contributed by atoms with Crippen LogP contribution in [-0.4, -0.2) is 20.0 Å². The lowest BCUT2D eigenvalue weighted by Gasteiger charge is -2.11. The number of para-hydroxylation sites is 1. The quantitative estimate of drug-likeness (QED) is 0.799. The van der Waals surface area contributed by atoms with Crippen molar-refractivity contribution in [2.75, 3.05) is 5.32 Å². The summed E-state index contributed by atoms with van der Waals surface area (Å²) < 4.78 is 1.73. The van der Waals surface area contributed by atoms with Crippen molar-refractivity contribution in [3.63, 3.8) is 0 Å². The zero-order chi connectivity index (χ0) is 15.4. The smallest absolute Gasteiger partial charge is 0.142 e. The molecule has 0 saturated carbocycles. The topological polar surface area (TPSA) is 79.4 Å². The highest BCUT2D eigenvalue weighted by atomic mass is 15.4.